The first-order valence-corrected chi connectivity index (χ1v) is 7.51. The fraction of sp³-hybridized carbons (Fsp3) is 0.188. The van der Waals surface area contributed by atoms with Crippen molar-refractivity contribution in [2.75, 3.05) is 13.2 Å². The number of carbonyl (C=O) groups is 3. The van der Waals surface area contributed by atoms with E-state index in [2.05, 4.69) is 10.9 Å². The minimum atomic E-state index is -0.734. The first-order chi connectivity index (χ1) is 12.0. The SMILES string of the molecule is Cc1cc(Cl)ccc1OCC(=O)OCC(=O)NNC(=O)c1ccco1. The van der Waals surface area contributed by atoms with Crippen LogP contribution in [0.4, 0.5) is 0 Å². The molecule has 0 unspecified atom stereocenters. The molecule has 0 atom stereocenters. The molecule has 0 aliphatic rings. The average Bonchev–Trinajstić information content (AvgIpc) is 3.11. The summed E-state index contributed by atoms with van der Waals surface area (Å²) in [5.74, 6) is -1.57. The van der Waals surface area contributed by atoms with Gasteiger partial charge in [-0.25, -0.2) is 4.79 Å². The number of amides is 2. The van der Waals surface area contributed by atoms with Gasteiger partial charge in [0.25, 0.3) is 5.91 Å². The predicted octanol–water partition coefficient (Wildman–Crippen LogP) is 1.62. The van der Waals surface area contributed by atoms with E-state index < -0.39 is 24.4 Å². The molecule has 9 heteroatoms. The van der Waals surface area contributed by atoms with E-state index in [1.165, 1.54) is 18.4 Å². The lowest BCUT2D eigenvalue weighted by Crippen LogP contribution is -2.43. The third-order valence-corrected chi connectivity index (χ3v) is 3.14. The lowest BCUT2D eigenvalue weighted by atomic mass is 10.2. The highest BCUT2D eigenvalue weighted by Gasteiger charge is 2.12. The second kappa shape index (κ2) is 8.74. The van der Waals surface area contributed by atoms with E-state index in [0.29, 0.717) is 10.8 Å². The van der Waals surface area contributed by atoms with Gasteiger partial charge in [-0.2, -0.15) is 0 Å². The van der Waals surface area contributed by atoms with Gasteiger partial charge in [-0.05, 0) is 42.8 Å². The lowest BCUT2D eigenvalue weighted by molar-refractivity contribution is -0.150. The average molecular weight is 367 g/mol. The fourth-order valence-electron chi connectivity index (χ4n) is 1.73. The Labute approximate surface area is 148 Å². The molecular weight excluding hydrogens is 352 g/mol. The largest absolute Gasteiger partial charge is 0.482 e. The van der Waals surface area contributed by atoms with E-state index in [1.807, 2.05) is 0 Å². The van der Waals surface area contributed by atoms with Crippen molar-refractivity contribution >= 4 is 29.4 Å². The van der Waals surface area contributed by atoms with Gasteiger partial charge in [0.15, 0.2) is 19.0 Å². The zero-order valence-electron chi connectivity index (χ0n) is 13.2. The molecule has 25 heavy (non-hydrogen) atoms. The maximum atomic E-state index is 11.6. The summed E-state index contributed by atoms with van der Waals surface area (Å²) >= 11 is 5.82. The van der Waals surface area contributed by atoms with Crippen molar-refractivity contribution in [2.45, 2.75) is 6.92 Å². The summed E-state index contributed by atoms with van der Waals surface area (Å²) in [7, 11) is 0. The molecule has 0 saturated heterocycles. The van der Waals surface area contributed by atoms with E-state index in [9.17, 15) is 14.4 Å². The molecule has 0 aliphatic heterocycles. The number of hydrogen-bond acceptors (Lipinski definition) is 6. The van der Waals surface area contributed by atoms with Gasteiger partial charge in [0.2, 0.25) is 0 Å². The molecule has 2 aromatic rings. The molecular formula is C16H15ClN2O6. The number of ether oxygens (including phenoxy) is 2. The number of aryl methyl sites for hydroxylation is 1. The minimum absolute atomic E-state index is 0.0315. The molecule has 0 fully saturated rings. The summed E-state index contributed by atoms with van der Waals surface area (Å²) < 4.78 is 14.9. The molecule has 1 aromatic heterocycles. The quantitative estimate of drug-likeness (QED) is 0.594. The molecule has 1 heterocycles. The van der Waals surface area contributed by atoms with Crippen molar-refractivity contribution in [3.8, 4) is 5.75 Å². The second-order valence-electron chi connectivity index (χ2n) is 4.84. The van der Waals surface area contributed by atoms with Gasteiger partial charge in [-0.3, -0.25) is 20.4 Å². The molecule has 1 aromatic carbocycles. The van der Waals surface area contributed by atoms with E-state index in [-0.39, 0.29) is 12.4 Å². The van der Waals surface area contributed by atoms with Gasteiger partial charge in [-0.15, -0.1) is 0 Å². The van der Waals surface area contributed by atoms with Crippen molar-refractivity contribution in [3.63, 3.8) is 0 Å². The van der Waals surface area contributed by atoms with Gasteiger partial charge < -0.3 is 13.9 Å². The molecule has 0 aliphatic carbocycles. The highest BCUT2D eigenvalue weighted by atomic mass is 35.5. The Morgan fingerprint density at radius 1 is 1.16 bits per heavy atom. The Morgan fingerprint density at radius 3 is 2.64 bits per heavy atom. The Morgan fingerprint density at radius 2 is 1.96 bits per heavy atom. The Kier molecular flexibility index (Phi) is 6.41. The van der Waals surface area contributed by atoms with E-state index in [0.717, 1.165) is 5.56 Å². The number of hydrogen-bond donors (Lipinski definition) is 2. The van der Waals surface area contributed by atoms with Gasteiger partial charge >= 0.3 is 11.9 Å². The number of benzene rings is 1. The van der Waals surface area contributed by atoms with Gasteiger partial charge in [0.1, 0.15) is 5.75 Å². The number of halogens is 1. The van der Waals surface area contributed by atoms with Crippen LogP contribution in [0.3, 0.4) is 0 Å². The number of carbonyl (C=O) groups excluding carboxylic acids is 3. The molecule has 0 bridgehead atoms. The van der Waals surface area contributed by atoms with Crippen molar-refractivity contribution in [2.24, 2.45) is 0 Å². The zero-order chi connectivity index (χ0) is 18.2. The van der Waals surface area contributed by atoms with Crippen LogP contribution >= 0.6 is 11.6 Å². The summed E-state index contributed by atoms with van der Waals surface area (Å²) in [6, 6.07) is 7.90. The third-order valence-electron chi connectivity index (χ3n) is 2.91. The summed E-state index contributed by atoms with van der Waals surface area (Å²) in [6.45, 7) is 0.844. The fourth-order valence-corrected chi connectivity index (χ4v) is 1.96. The molecule has 0 radical (unpaired) electrons. The monoisotopic (exact) mass is 366 g/mol. The second-order valence-corrected chi connectivity index (χ2v) is 5.28. The first-order valence-electron chi connectivity index (χ1n) is 7.13. The van der Waals surface area contributed by atoms with Crippen LogP contribution in [0.5, 0.6) is 5.75 Å². The Hall–Kier alpha value is -3.00. The van der Waals surface area contributed by atoms with Gasteiger partial charge in [0, 0.05) is 5.02 Å². The number of rotatable bonds is 6. The summed E-state index contributed by atoms with van der Waals surface area (Å²) in [4.78, 5) is 34.6. The van der Waals surface area contributed by atoms with Crippen molar-refractivity contribution in [1.82, 2.24) is 10.9 Å². The molecule has 2 amide bonds. The van der Waals surface area contributed by atoms with E-state index in [1.54, 1.807) is 25.1 Å². The van der Waals surface area contributed by atoms with Crippen LogP contribution in [0.15, 0.2) is 41.0 Å². The van der Waals surface area contributed by atoms with Crippen molar-refractivity contribution in [1.29, 1.82) is 0 Å². The van der Waals surface area contributed by atoms with E-state index >= 15 is 0 Å². The molecule has 8 nitrogen and oxygen atoms in total. The predicted molar refractivity (Wildman–Crippen MR) is 87.0 cm³/mol. The van der Waals surface area contributed by atoms with E-state index in [4.69, 9.17) is 25.5 Å². The molecule has 132 valence electrons. The molecule has 0 spiro atoms. The summed E-state index contributed by atoms with van der Waals surface area (Å²) in [5.41, 5.74) is 4.96. The number of nitrogens with one attached hydrogen (secondary N) is 2. The Balaban J connectivity index is 1.67. The van der Waals surface area contributed by atoms with Crippen LogP contribution in [-0.4, -0.2) is 31.0 Å². The van der Waals surface area contributed by atoms with Crippen LogP contribution in [0, 0.1) is 6.92 Å². The van der Waals surface area contributed by atoms with Gasteiger partial charge in [-0.1, -0.05) is 11.6 Å². The van der Waals surface area contributed by atoms with Crippen molar-refractivity contribution < 1.29 is 28.3 Å². The normalized spacial score (nSPS) is 10.0. The van der Waals surface area contributed by atoms with Crippen LogP contribution < -0.4 is 15.6 Å². The van der Waals surface area contributed by atoms with Crippen molar-refractivity contribution in [3.05, 3.63) is 52.9 Å². The molecule has 0 saturated carbocycles. The standard InChI is InChI=1S/C16H15ClN2O6/c1-10-7-11(17)4-5-12(10)24-9-15(21)25-8-14(20)18-19-16(22)13-3-2-6-23-13/h2-7H,8-9H2,1H3,(H,18,20)(H,19,22). The topological polar surface area (TPSA) is 107 Å². The van der Waals surface area contributed by atoms with Crippen LogP contribution in [0.25, 0.3) is 0 Å². The van der Waals surface area contributed by atoms with Gasteiger partial charge in [0.05, 0.1) is 6.26 Å². The Bertz CT molecular complexity index is 760. The smallest absolute Gasteiger partial charge is 0.344 e. The number of hydrazine groups is 1. The minimum Gasteiger partial charge on any atom is -0.482 e. The third kappa shape index (κ3) is 5.85. The maximum absolute atomic E-state index is 11.6. The summed E-state index contributed by atoms with van der Waals surface area (Å²) in [6.07, 6.45) is 1.32. The highest BCUT2D eigenvalue weighted by Crippen LogP contribution is 2.21. The van der Waals surface area contributed by atoms with Crippen LogP contribution in [0.1, 0.15) is 16.1 Å². The first kappa shape index (κ1) is 18.3. The highest BCUT2D eigenvalue weighted by molar-refractivity contribution is 6.30. The summed E-state index contributed by atoms with van der Waals surface area (Å²) in [5, 5.41) is 0.556. The van der Waals surface area contributed by atoms with Crippen LogP contribution in [-0.2, 0) is 14.3 Å². The lowest BCUT2D eigenvalue weighted by Gasteiger charge is -2.10. The van der Waals surface area contributed by atoms with Crippen LogP contribution in [0.2, 0.25) is 5.02 Å². The zero-order valence-corrected chi connectivity index (χ0v) is 14.0. The maximum Gasteiger partial charge on any atom is 0.344 e. The molecule has 2 rings (SSSR count). The number of furan rings is 1. The number of esters is 1. The molecule has 2 N–H and O–H groups in total.